The van der Waals surface area contributed by atoms with Gasteiger partial charge in [0.1, 0.15) is 5.75 Å². The van der Waals surface area contributed by atoms with Crippen LogP contribution in [0.4, 0.5) is 5.69 Å². The zero-order chi connectivity index (χ0) is 20.5. The first-order valence-corrected chi connectivity index (χ1v) is 9.09. The molecule has 2 amide bonds. The maximum atomic E-state index is 12.0. The van der Waals surface area contributed by atoms with Crippen molar-refractivity contribution in [3.8, 4) is 5.75 Å². The Balaban J connectivity index is 1.52. The summed E-state index contributed by atoms with van der Waals surface area (Å²) < 4.78 is 5.42. The van der Waals surface area contributed by atoms with Crippen LogP contribution in [0.1, 0.15) is 22.8 Å². The number of anilines is 1. The van der Waals surface area contributed by atoms with Gasteiger partial charge in [-0.1, -0.05) is 48.5 Å². The number of benzene rings is 3. The lowest BCUT2D eigenvalue weighted by atomic mass is 10.1. The number of hydrazone groups is 1. The Bertz CT molecular complexity index is 985. The third-order valence-corrected chi connectivity index (χ3v) is 4.06. The van der Waals surface area contributed by atoms with E-state index in [0.29, 0.717) is 22.7 Å². The van der Waals surface area contributed by atoms with E-state index < -0.39 is 0 Å². The van der Waals surface area contributed by atoms with Gasteiger partial charge in [0.25, 0.3) is 11.8 Å². The minimum atomic E-state index is -0.271. The molecule has 0 bridgehead atoms. The summed E-state index contributed by atoms with van der Waals surface area (Å²) in [4.78, 5) is 24.1. The maximum absolute atomic E-state index is 12.0. The fourth-order valence-electron chi connectivity index (χ4n) is 2.51. The average molecular weight is 387 g/mol. The first kappa shape index (κ1) is 19.8. The number of carbonyl (C=O) groups is 2. The topological polar surface area (TPSA) is 79.8 Å². The zero-order valence-corrected chi connectivity index (χ0v) is 16.0. The normalized spacial score (nSPS) is 10.9. The van der Waals surface area contributed by atoms with Gasteiger partial charge < -0.3 is 10.1 Å². The summed E-state index contributed by atoms with van der Waals surface area (Å²) in [6, 6.07) is 25.2. The predicted octanol–water partition coefficient (Wildman–Crippen LogP) is 3.86. The van der Waals surface area contributed by atoms with E-state index >= 15 is 0 Å². The van der Waals surface area contributed by atoms with Crippen LogP contribution in [0.3, 0.4) is 0 Å². The van der Waals surface area contributed by atoms with E-state index in [0.717, 1.165) is 5.56 Å². The van der Waals surface area contributed by atoms with Crippen molar-refractivity contribution >= 4 is 23.2 Å². The van der Waals surface area contributed by atoms with Crippen molar-refractivity contribution in [1.29, 1.82) is 0 Å². The Kier molecular flexibility index (Phi) is 6.73. The highest BCUT2D eigenvalue weighted by Crippen LogP contribution is 2.12. The summed E-state index contributed by atoms with van der Waals surface area (Å²) >= 11 is 0. The van der Waals surface area contributed by atoms with Crippen molar-refractivity contribution in [1.82, 2.24) is 5.43 Å². The second kappa shape index (κ2) is 9.85. The molecule has 0 unspecified atom stereocenters. The summed E-state index contributed by atoms with van der Waals surface area (Å²) in [7, 11) is 0. The Labute approximate surface area is 169 Å². The van der Waals surface area contributed by atoms with Crippen LogP contribution in [0.5, 0.6) is 5.75 Å². The number of para-hydroxylation sites is 1. The number of ether oxygens (including phenoxy) is 1. The van der Waals surface area contributed by atoms with Crippen LogP contribution in [0.15, 0.2) is 90.0 Å². The Morgan fingerprint density at radius 2 is 1.45 bits per heavy atom. The quantitative estimate of drug-likeness (QED) is 0.477. The van der Waals surface area contributed by atoms with E-state index in [1.165, 1.54) is 0 Å². The molecule has 0 spiro atoms. The number of nitrogens with one attached hydrogen (secondary N) is 2. The first-order valence-electron chi connectivity index (χ1n) is 9.09. The fraction of sp³-hybridized carbons (Fsp3) is 0.0870. The second-order valence-corrected chi connectivity index (χ2v) is 6.23. The molecule has 0 radical (unpaired) electrons. The summed E-state index contributed by atoms with van der Waals surface area (Å²) in [5.74, 6) is 0.122. The van der Waals surface area contributed by atoms with Gasteiger partial charge in [0.05, 0.1) is 5.71 Å². The van der Waals surface area contributed by atoms with E-state index in [9.17, 15) is 9.59 Å². The summed E-state index contributed by atoms with van der Waals surface area (Å²) in [6.45, 7) is 1.73. The largest absolute Gasteiger partial charge is 0.484 e. The Hall–Kier alpha value is -3.93. The Morgan fingerprint density at radius 1 is 0.828 bits per heavy atom. The molecule has 6 nitrogen and oxygen atoms in total. The molecule has 3 aromatic rings. The van der Waals surface area contributed by atoms with Gasteiger partial charge >= 0.3 is 0 Å². The molecule has 2 N–H and O–H groups in total. The van der Waals surface area contributed by atoms with Crippen molar-refractivity contribution in [2.24, 2.45) is 5.10 Å². The molecule has 0 atom stereocenters. The van der Waals surface area contributed by atoms with Gasteiger partial charge in [-0.05, 0) is 48.9 Å². The highest BCUT2D eigenvalue weighted by atomic mass is 16.5. The standard InChI is InChI=1S/C23H21N3O3/c1-17(25-26-23(28)19-8-4-2-5-9-19)18-12-14-20(15-13-18)24-22(27)16-29-21-10-6-3-7-11-21/h2-15H,16H2,1H3,(H,24,27)(H,26,28)/b25-17+. The lowest BCUT2D eigenvalue weighted by molar-refractivity contribution is -0.118. The van der Waals surface area contributed by atoms with Crippen LogP contribution in [-0.4, -0.2) is 24.1 Å². The summed E-state index contributed by atoms with van der Waals surface area (Å²) in [5.41, 5.74) is 5.21. The van der Waals surface area contributed by atoms with Crippen molar-refractivity contribution < 1.29 is 14.3 Å². The second-order valence-electron chi connectivity index (χ2n) is 6.23. The number of rotatable bonds is 7. The molecule has 0 aliphatic rings. The molecule has 0 fully saturated rings. The molecular weight excluding hydrogens is 366 g/mol. The average Bonchev–Trinajstić information content (AvgIpc) is 2.77. The molecule has 3 rings (SSSR count). The summed E-state index contributed by atoms with van der Waals surface area (Å²) in [5, 5.41) is 6.91. The molecule has 6 heteroatoms. The van der Waals surface area contributed by atoms with Crippen molar-refractivity contribution in [2.75, 3.05) is 11.9 Å². The lowest BCUT2D eigenvalue weighted by Gasteiger charge is -2.08. The minimum absolute atomic E-state index is 0.0717. The summed E-state index contributed by atoms with van der Waals surface area (Å²) in [6.07, 6.45) is 0. The van der Waals surface area contributed by atoms with Crippen molar-refractivity contribution in [2.45, 2.75) is 6.92 Å². The van der Waals surface area contributed by atoms with Gasteiger partial charge in [0.2, 0.25) is 0 Å². The molecule has 0 aliphatic carbocycles. The molecule has 0 aromatic heterocycles. The van der Waals surface area contributed by atoms with Crippen molar-refractivity contribution in [3.05, 3.63) is 96.1 Å². The number of carbonyl (C=O) groups excluding carboxylic acids is 2. The number of hydrogen-bond donors (Lipinski definition) is 2. The predicted molar refractivity (Wildman–Crippen MR) is 113 cm³/mol. The number of amides is 2. The monoisotopic (exact) mass is 387 g/mol. The van der Waals surface area contributed by atoms with E-state index in [-0.39, 0.29) is 18.4 Å². The first-order chi connectivity index (χ1) is 14.1. The van der Waals surface area contributed by atoms with E-state index in [4.69, 9.17) is 4.74 Å². The molecule has 29 heavy (non-hydrogen) atoms. The molecule has 0 aliphatic heterocycles. The molecule has 0 saturated heterocycles. The van der Waals surface area contributed by atoms with Gasteiger partial charge in [0, 0.05) is 11.3 Å². The van der Waals surface area contributed by atoms with Crippen molar-refractivity contribution in [3.63, 3.8) is 0 Å². The SMILES string of the molecule is C/C(=N\NC(=O)c1ccccc1)c1ccc(NC(=O)COc2ccccc2)cc1. The minimum Gasteiger partial charge on any atom is -0.484 e. The molecule has 146 valence electrons. The Morgan fingerprint density at radius 3 is 2.10 bits per heavy atom. The van der Waals surface area contributed by atoms with Gasteiger partial charge in [-0.15, -0.1) is 0 Å². The highest BCUT2D eigenvalue weighted by Gasteiger charge is 2.06. The van der Waals surface area contributed by atoms with E-state index in [1.807, 2.05) is 36.4 Å². The van der Waals surface area contributed by atoms with Gasteiger partial charge in [-0.3, -0.25) is 9.59 Å². The smallest absolute Gasteiger partial charge is 0.271 e. The third kappa shape index (κ3) is 6.04. The van der Waals surface area contributed by atoms with Crippen LogP contribution >= 0.6 is 0 Å². The van der Waals surface area contributed by atoms with Crippen LogP contribution in [-0.2, 0) is 4.79 Å². The van der Waals surface area contributed by atoms with Gasteiger partial charge in [0.15, 0.2) is 6.61 Å². The fourth-order valence-corrected chi connectivity index (χ4v) is 2.51. The third-order valence-electron chi connectivity index (χ3n) is 4.06. The lowest BCUT2D eigenvalue weighted by Crippen LogP contribution is -2.20. The molecular formula is C23H21N3O3. The molecule has 3 aromatic carbocycles. The highest BCUT2D eigenvalue weighted by molar-refractivity contribution is 6.01. The number of hydrogen-bond acceptors (Lipinski definition) is 4. The van der Waals surface area contributed by atoms with E-state index in [2.05, 4.69) is 15.8 Å². The molecule has 0 heterocycles. The van der Waals surface area contributed by atoms with Gasteiger partial charge in [-0.25, -0.2) is 5.43 Å². The molecule has 0 saturated carbocycles. The maximum Gasteiger partial charge on any atom is 0.271 e. The van der Waals surface area contributed by atoms with Crippen LogP contribution < -0.4 is 15.5 Å². The number of nitrogens with zero attached hydrogens (tertiary/aromatic N) is 1. The van der Waals surface area contributed by atoms with Gasteiger partial charge in [-0.2, -0.15) is 5.10 Å². The van der Waals surface area contributed by atoms with Crippen LogP contribution in [0.2, 0.25) is 0 Å². The van der Waals surface area contributed by atoms with E-state index in [1.54, 1.807) is 55.5 Å². The van der Waals surface area contributed by atoms with Crippen LogP contribution in [0, 0.1) is 0 Å². The van der Waals surface area contributed by atoms with Crippen LogP contribution in [0.25, 0.3) is 0 Å². The zero-order valence-electron chi connectivity index (χ0n) is 16.0.